The molecule has 0 saturated heterocycles. The molecule has 65 heavy (non-hydrogen) atoms. The van der Waals surface area contributed by atoms with Gasteiger partial charge in [0.2, 0.25) is 0 Å². The van der Waals surface area contributed by atoms with Crippen molar-refractivity contribution in [2.75, 3.05) is 0 Å². The Hall–Kier alpha value is -6.19. The molecule has 8 aromatic carbocycles. The van der Waals surface area contributed by atoms with E-state index in [-0.39, 0.29) is 10.8 Å². The van der Waals surface area contributed by atoms with E-state index in [0.29, 0.717) is 5.84 Å². The standard InChI is InChI=1S/C59H54N2OSSi2/c1-58(2,3)47-35-33-41(37-45(47)43-25-19-29-51-55(43)62-57-60-49-27-15-16-28-50(49)61(51)57)65(39-21-11-9-12-22-39,40-23-13-10-14-24-40)42-34-36-48(59(4,5)6)46(38-42)44-26-20-32-54-56(44)63-52-30-17-18-31-53(52)64(54,7)8/h9-38H,1-8H3/i7D3. The average molecular weight is 898 g/mol. The first kappa shape index (κ1) is 38.1. The third kappa shape index (κ3) is 6.55. The summed E-state index contributed by atoms with van der Waals surface area (Å²) in [6, 6.07) is 66.1. The summed E-state index contributed by atoms with van der Waals surface area (Å²) in [6.45, 7) is 13.6. The summed E-state index contributed by atoms with van der Waals surface area (Å²) in [5, 5.41) is 7.03. The second kappa shape index (κ2) is 15.2. The molecule has 0 bridgehead atoms. The molecule has 0 aliphatic carbocycles. The van der Waals surface area contributed by atoms with Crippen LogP contribution in [0, 0.1) is 0 Å². The maximum Gasteiger partial charge on any atom is 0.307 e. The van der Waals surface area contributed by atoms with E-state index < -0.39 is 22.6 Å². The van der Waals surface area contributed by atoms with Crippen LogP contribution in [0.25, 0.3) is 50.2 Å². The molecule has 0 saturated carbocycles. The zero-order valence-electron chi connectivity index (χ0n) is 41.0. The molecule has 1 aliphatic rings. The number of hydrogen-bond donors (Lipinski definition) is 0. The highest BCUT2D eigenvalue weighted by atomic mass is 32.2. The lowest BCUT2D eigenvalue weighted by atomic mass is 9.81. The molecular weight excluding hydrogens is 841 g/mol. The fourth-order valence-corrected chi connectivity index (χ4v) is 20.2. The molecule has 0 radical (unpaired) electrons. The van der Waals surface area contributed by atoms with Gasteiger partial charge in [0.1, 0.15) is 8.07 Å². The third-order valence-electron chi connectivity index (χ3n) is 13.7. The van der Waals surface area contributed by atoms with E-state index >= 15 is 0 Å². The molecule has 1 atom stereocenters. The van der Waals surface area contributed by atoms with Crippen LogP contribution in [0.3, 0.4) is 0 Å². The summed E-state index contributed by atoms with van der Waals surface area (Å²) >= 11 is 1.73. The van der Waals surface area contributed by atoms with Gasteiger partial charge in [-0.1, -0.05) is 224 Å². The number of aromatic nitrogens is 2. The number of oxazole rings is 1. The Bertz CT molecular complexity index is 3550. The van der Waals surface area contributed by atoms with Crippen LogP contribution in [0.4, 0.5) is 0 Å². The number of imidazole rings is 1. The molecule has 3 heterocycles. The fourth-order valence-electron chi connectivity index (χ4n) is 10.6. The molecule has 0 N–H and O–H groups in total. The van der Waals surface area contributed by atoms with Crippen molar-refractivity contribution in [2.24, 2.45) is 0 Å². The van der Waals surface area contributed by atoms with Gasteiger partial charge in [0.25, 0.3) is 0 Å². The molecule has 320 valence electrons. The highest BCUT2D eigenvalue weighted by Gasteiger charge is 2.44. The van der Waals surface area contributed by atoms with E-state index in [0.717, 1.165) is 64.6 Å². The lowest BCUT2D eigenvalue weighted by Crippen LogP contribution is -2.74. The van der Waals surface area contributed by atoms with Gasteiger partial charge in [-0.15, -0.1) is 0 Å². The first-order valence-electron chi connectivity index (χ1n) is 24.1. The third-order valence-corrected chi connectivity index (χ3v) is 23.0. The molecule has 10 aromatic rings. The van der Waals surface area contributed by atoms with Gasteiger partial charge < -0.3 is 4.42 Å². The van der Waals surface area contributed by atoms with E-state index in [1.807, 2.05) is 30.8 Å². The van der Waals surface area contributed by atoms with Crippen LogP contribution in [0.5, 0.6) is 0 Å². The van der Waals surface area contributed by atoms with Gasteiger partial charge in [-0.05, 0) is 94.0 Å². The highest BCUT2D eigenvalue weighted by molar-refractivity contribution is 8.00. The number of benzene rings is 8. The molecule has 0 amide bonds. The van der Waals surface area contributed by atoms with Crippen molar-refractivity contribution >= 4 is 87.0 Å². The average Bonchev–Trinajstić information content (AvgIpc) is 3.88. The number of para-hydroxylation sites is 3. The quantitative estimate of drug-likeness (QED) is 0.123. The van der Waals surface area contributed by atoms with Crippen LogP contribution in [0.1, 0.15) is 56.8 Å². The van der Waals surface area contributed by atoms with Crippen molar-refractivity contribution in [3.63, 3.8) is 0 Å². The molecular formula is C59H54N2OSSi2. The van der Waals surface area contributed by atoms with E-state index in [1.54, 1.807) is 11.8 Å². The van der Waals surface area contributed by atoms with Crippen molar-refractivity contribution in [1.29, 1.82) is 0 Å². The number of hydrogen-bond acceptors (Lipinski definition) is 3. The topological polar surface area (TPSA) is 30.4 Å². The Labute approximate surface area is 393 Å². The summed E-state index contributed by atoms with van der Waals surface area (Å²) in [7, 11) is -6.44. The van der Waals surface area contributed by atoms with Crippen LogP contribution in [0.15, 0.2) is 196 Å². The highest BCUT2D eigenvalue weighted by Crippen LogP contribution is 2.43. The van der Waals surface area contributed by atoms with E-state index in [2.05, 4.69) is 204 Å². The first-order valence-corrected chi connectivity index (χ1v) is 27.9. The van der Waals surface area contributed by atoms with Crippen LogP contribution in [-0.2, 0) is 10.8 Å². The predicted octanol–water partition coefficient (Wildman–Crippen LogP) is 11.8. The van der Waals surface area contributed by atoms with E-state index in [4.69, 9.17) is 13.5 Å². The zero-order valence-corrected chi connectivity index (χ0v) is 40.8. The van der Waals surface area contributed by atoms with Gasteiger partial charge in [-0.25, -0.2) is 0 Å². The summed E-state index contributed by atoms with van der Waals surface area (Å²) in [5.74, 6) is 0.581. The van der Waals surface area contributed by atoms with E-state index in [1.165, 1.54) is 31.9 Å². The molecule has 0 spiro atoms. The first-order chi connectivity index (χ1) is 32.5. The largest absolute Gasteiger partial charge is 0.422 e. The Balaban J connectivity index is 1.22. The number of rotatable bonds is 6. The summed E-state index contributed by atoms with van der Waals surface area (Å²) in [6.07, 6.45) is 0. The van der Waals surface area contributed by atoms with Crippen LogP contribution in [0.2, 0.25) is 13.0 Å². The lowest BCUT2D eigenvalue weighted by molar-refractivity contribution is 0.591. The molecule has 3 nitrogen and oxygen atoms in total. The molecule has 11 rings (SSSR count). The minimum Gasteiger partial charge on any atom is -0.422 e. The molecule has 0 fully saturated rings. The molecule has 1 unspecified atom stereocenters. The van der Waals surface area contributed by atoms with Gasteiger partial charge in [-0.2, -0.15) is 4.98 Å². The lowest BCUT2D eigenvalue weighted by Gasteiger charge is -2.37. The Kier molecular flexibility index (Phi) is 8.91. The van der Waals surface area contributed by atoms with Crippen LogP contribution in [-0.4, -0.2) is 25.5 Å². The molecule has 6 heteroatoms. The maximum absolute atomic E-state index is 9.11. The monoisotopic (exact) mass is 897 g/mol. The Morgan fingerprint density at radius 2 is 1.08 bits per heavy atom. The SMILES string of the molecule is [2H]C([2H])([2H])[Si]1(C)c2ccccc2Sc2c(-c3cc([Si](c4ccccc4)(c4ccccc4)c4ccc(C(C)(C)C)c(-c5cccc6c5oc5nc7ccccc7n56)c4)ccc3C(C)(C)C)cccc21. The van der Waals surface area contributed by atoms with Crippen LogP contribution < -0.4 is 31.1 Å². The van der Waals surface area contributed by atoms with Crippen molar-refractivity contribution in [3.05, 3.63) is 193 Å². The second-order valence-corrected chi connectivity index (χ2v) is 28.1. The minimum absolute atomic E-state index is 0.198. The molecule has 2 aromatic heterocycles. The fraction of sp³-hybridized carbons (Fsp3) is 0.169. The van der Waals surface area contributed by atoms with Crippen molar-refractivity contribution in [2.45, 2.75) is 75.2 Å². The van der Waals surface area contributed by atoms with Crippen LogP contribution >= 0.6 is 11.8 Å². The van der Waals surface area contributed by atoms with E-state index in [9.17, 15) is 0 Å². The van der Waals surface area contributed by atoms with Crippen molar-refractivity contribution in [3.8, 4) is 22.3 Å². The van der Waals surface area contributed by atoms with Gasteiger partial charge in [0, 0.05) is 19.5 Å². The normalized spacial score (nSPS) is 16.3. The summed E-state index contributed by atoms with van der Waals surface area (Å²) < 4.78 is 36.3. The zero-order chi connectivity index (χ0) is 47.4. The summed E-state index contributed by atoms with van der Waals surface area (Å²) in [4.78, 5) is 7.03. The Morgan fingerprint density at radius 3 is 1.72 bits per heavy atom. The van der Waals surface area contributed by atoms with Gasteiger partial charge in [0.05, 0.1) is 16.6 Å². The van der Waals surface area contributed by atoms with Gasteiger partial charge >= 0.3 is 5.84 Å². The van der Waals surface area contributed by atoms with Crippen molar-refractivity contribution < 1.29 is 8.53 Å². The van der Waals surface area contributed by atoms with Gasteiger partial charge in [-0.3, -0.25) is 4.40 Å². The number of nitrogens with zero attached hydrogens (tertiary/aromatic N) is 2. The summed E-state index contributed by atoms with van der Waals surface area (Å²) in [5.41, 5.74) is 10.2. The smallest absolute Gasteiger partial charge is 0.307 e. The van der Waals surface area contributed by atoms with Gasteiger partial charge in [0.15, 0.2) is 13.7 Å². The molecule has 1 aliphatic heterocycles. The second-order valence-electron chi connectivity index (χ2n) is 19.9. The number of fused-ring (bicyclic) bond motifs is 7. The predicted molar refractivity (Wildman–Crippen MR) is 282 cm³/mol. The maximum atomic E-state index is 9.11. The Morgan fingerprint density at radius 1 is 0.538 bits per heavy atom. The minimum atomic E-state index is -3.24. The van der Waals surface area contributed by atoms with Crippen molar-refractivity contribution in [1.82, 2.24) is 9.38 Å².